The molecule has 1 atom stereocenters. The summed E-state index contributed by atoms with van der Waals surface area (Å²) in [6.07, 6.45) is 5.79. The first-order valence-corrected chi connectivity index (χ1v) is 10.6. The molecule has 2 amide bonds. The zero-order valence-electron chi connectivity index (χ0n) is 18.2. The maximum absolute atomic E-state index is 13.2. The van der Waals surface area contributed by atoms with Crippen LogP contribution in [0.25, 0.3) is 6.08 Å². The van der Waals surface area contributed by atoms with Gasteiger partial charge in [0.05, 0.1) is 19.4 Å². The van der Waals surface area contributed by atoms with E-state index in [-0.39, 0.29) is 23.6 Å². The van der Waals surface area contributed by atoms with Crippen LogP contribution in [0.4, 0.5) is 0 Å². The van der Waals surface area contributed by atoms with Crippen molar-refractivity contribution in [2.24, 2.45) is 0 Å². The third-order valence-corrected chi connectivity index (χ3v) is 5.61. The Morgan fingerprint density at radius 1 is 1.12 bits per heavy atom. The number of aryl methyl sites for hydroxylation is 2. The molecule has 1 aliphatic rings. The van der Waals surface area contributed by atoms with Crippen molar-refractivity contribution in [3.63, 3.8) is 0 Å². The van der Waals surface area contributed by atoms with Crippen LogP contribution in [0.1, 0.15) is 51.7 Å². The number of rotatable bonds is 6. The van der Waals surface area contributed by atoms with Gasteiger partial charge in [0.25, 0.3) is 11.8 Å². The lowest BCUT2D eigenvalue weighted by Gasteiger charge is -2.27. The second kappa shape index (κ2) is 9.56. The SMILES string of the molecule is COc1ccc2c(c1)CCC[C@@H]2NC(=O)/C(=C/c1ccco1)NC(=O)c1ccc(C)cc1. The Morgan fingerprint density at radius 2 is 1.94 bits per heavy atom. The third-order valence-electron chi connectivity index (χ3n) is 5.61. The number of carbonyl (C=O) groups excluding carboxylic acids is 2. The minimum absolute atomic E-state index is 0.131. The van der Waals surface area contributed by atoms with Crippen molar-refractivity contribution in [3.8, 4) is 5.75 Å². The number of amides is 2. The Labute approximate surface area is 187 Å². The molecule has 2 N–H and O–H groups in total. The maximum atomic E-state index is 13.2. The topological polar surface area (TPSA) is 80.6 Å². The fraction of sp³-hybridized carbons (Fsp3) is 0.231. The average molecular weight is 431 g/mol. The minimum Gasteiger partial charge on any atom is -0.497 e. The summed E-state index contributed by atoms with van der Waals surface area (Å²) in [6, 6.07) is 16.4. The molecule has 0 saturated carbocycles. The first-order valence-electron chi connectivity index (χ1n) is 10.6. The number of ether oxygens (including phenoxy) is 1. The van der Waals surface area contributed by atoms with E-state index in [1.807, 2.05) is 37.3 Å². The van der Waals surface area contributed by atoms with Crippen LogP contribution in [-0.4, -0.2) is 18.9 Å². The van der Waals surface area contributed by atoms with Crippen LogP contribution in [0.5, 0.6) is 5.75 Å². The quantitative estimate of drug-likeness (QED) is 0.562. The van der Waals surface area contributed by atoms with E-state index in [1.165, 1.54) is 11.8 Å². The van der Waals surface area contributed by atoms with Gasteiger partial charge in [-0.3, -0.25) is 9.59 Å². The van der Waals surface area contributed by atoms with E-state index in [4.69, 9.17) is 9.15 Å². The zero-order valence-corrected chi connectivity index (χ0v) is 18.2. The summed E-state index contributed by atoms with van der Waals surface area (Å²) < 4.78 is 10.7. The standard InChI is InChI=1S/C26H26N2O4/c1-17-8-10-18(11-9-17)25(29)28-24(16-21-6-4-14-32-21)26(30)27-23-7-3-5-19-15-20(31-2)12-13-22(19)23/h4,6,8-16,23H,3,5,7H2,1-2H3,(H,27,30)(H,28,29)/b24-16-/t23-/m0/s1. The monoisotopic (exact) mass is 430 g/mol. The van der Waals surface area contributed by atoms with E-state index in [2.05, 4.69) is 10.6 Å². The lowest BCUT2D eigenvalue weighted by atomic mass is 9.87. The van der Waals surface area contributed by atoms with Gasteiger partial charge in [-0.25, -0.2) is 0 Å². The van der Waals surface area contributed by atoms with E-state index < -0.39 is 0 Å². The highest BCUT2D eigenvalue weighted by atomic mass is 16.5. The van der Waals surface area contributed by atoms with Crippen molar-refractivity contribution < 1.29 is 18.7 Å². The normalized spacial score (nSPS) is 15.6. The lowest BCUT2D eigenvalue weighted by Crippen LogP contribution is -2.37. The molecule has 4 rings (SSSR count). The summed E-state index contributed by atoms with van der Waals surface area (Å²) >= 11 is 0. The Hall–Kier alpha value is -3.80. The van der Waals surface area contributed by atoms with Crippen LogP contribution in [0.15, 0.2) is 71.0 Å². The number of benzene rings is 2. The molecule has 0 fully saturated rings. The van der Waals surface area contributed by atoms with Gasteiger partial charge in [-0.2, -0.15) is 0 Å². The minimum atomic E-state index is -0.365. The number of fused-ring (bicyclic) bond motifs is 1. The first kappa shape index (κ1) is 21.4. The Balaban J connectivity index is 1.56. The van der Waals surface area contributed by atoms with Crippen LogP contribution in [0.2, 0.25) is 0 Å². The molecule has 1 heterocycles. The molecule has 0 saturated heterocycles. The van der Waals surface area contributed by atoms with E-state index in [0.717, 1.165) is 36.1 Å². The van der Waals surface area contributed by atoms with Crippen LogP contribution < -0.4 is 15.4 Å². The molecule has 1 aromatic heterocycles. The third kappa shape index (κ3) is 4.91. The fourth-order valence-electron chi connectivity index (χ4n) is 3.88. The number of carbonyl (C=O) groups is 2. The second-order valence-electron chi connectivity index (χ2n) is 7.88. The summed E-state index contributed by atoms with van der Waals surface area (Å²) in [7, 11) is 1.65. The second-order valence-corrected chi connectivity index (χ2v) is 7.88. The Bertz CT molecular complexity index is 1130. The van der Waals surface area contributed by atoms with Crippen molar-refractivity contribution in [1.82, 2.24) is 10.6 Å². The van der Waals surface area contributed by atoms with Crippen molar-refractivity contribution in [2.45, 2.75) is 32.2 Å². The van der Waals surface area contributed by atoms with Crippen molar-refractivity contribution in [3.05, 3.63) is 94.6 Å². The van der Waals surface area contributed by atoms with Crippen molar-refractivity contribution in [1.29, 1.82) is 0 Å². The number of nitrogens with one attached hydrogen (secondary N) is 2. The predicted octanol–water partition coefficient (Wildman–Crippen LogP) is 4.56. The summed E-state index contributed by atoms with van der Waals surface area (Å²) in [5, 5.41) is 5.84. The van der Waals surface area contributed by atoms with E-state index in [0.29, 0.717) is 11.3 Å². The molecule has 0 aliphatic heterocycles. The van der Waals surface area contributed by atoms with Crippen LogP contribution in [0, 0.1) is 6.92 Å². The molecular formula is C26H26N2O4. The molecule has 0 radical (unpaired) electrons. The van der Waals surface area contributed by atoms with Gasteiger partial charge >= 0.3 is 0 Å². The van der Waals surface area contributed by atoms with Gasteiger partial charge in [-0.05, 0) is 73.7 Å². The fourth-order valence-corrected chi connectivity index (χ4v) is 3.88. The molecule has 6 heteroatoms. The smallest absolute Gasteiger partial charge is 0.268 e. The van der Waals surface area contributed by atoms with Gasteiger partial charge in [-0.15, -0.1) is 0 Å². The van der Waals surface area contributed by atoms with E-state index in [9.17, 15) is 9.59 Å². The lowest BCUT2D eigenvalue weighted by molar-refractivity contribution is -0.118. The molecule has 6 nitrogen and oxygen atoms in total. The van der Waals surface area contributed by atoms with Crippen LogP contribution in [-0.2, 0) is 11.2 Å². The Morgan fingerprint density at radius 3 is 2.66 bits per heavy atom. The number of hydrogen-bond donors (Lipinski definition) is 2. The molecule has 164 valence electrons. The summed E-state index contributed by atoms with van der Waals surface area (Å²) in [5.74, 6) is 0.565. The van der Waals surface area contributed by atoms with Gasteiger partial charge in [0, 0.05) is 11.6 Å². The highest BCUT2D eigenvalue weighted by Crippen LogP contribution is 2.32. The molecular weight excluding hydrogens is 404 g/mol. The highest BCUT2D eigenvalue weighted by Gasteiger charge is 2.24. The molecule has 1 aliphatic carbocycles. The first-order chi connectivity index (χ1) is 15.5. The molecule has 0 unspecified atom stereocenters. The summed E-state index contributed by atoms with van der Waals surface area (Å²) in [5.41, 5.74) is 3.90. The van der Waals surface area contributed by atoms with E-state index >= 15 is 0 Å². The molecule has 0 spiro atoms. The van der Waals surface area contributed by atoms with Gasteiger partial charge in [0.15, 0.2) is 0 Å². The van der Waals surface area contributed by atoms with Crippen molar-refractivity contribution in [2.75, 3.05) is 7.11 Å². The predicted molar refractivity (Wildman–Crippen MR) is 122 cm³/mol. The van der Waals surface area contributed by atoms with Crippen molar-refractivity contribution >= 4 is 17.9 Å². The van der Waals surface area contributed by atoms with E-state index in [1.54, 1.807) is 37.5 Å². The number of furan rings is 1. The maximum Gasteiger partial charge on any atom is 0.268 e. The van der Waals surface area contributed by atoms with Crippen LogP contribution in [0.3, 0.4) is 0 Å². The molecule has 2 aromatic carbocycles. The number of hydrogen-bond acceptors (Lipinski definition) is 4. The molecule has 32 heavy (non-hydrogen) atoms. The number of methoxy groups -OCH3 is 1. The summed E-state index contributed by atoms with van der Waals surface area (Å²) in [6.45, 7) is 1.95. The molecule has 0 bridgehead atoms. The van der Waals surface area contributed by atoms with Gasteiger partial charge < -0.3 is 19.8 Å². The summed E-state index contributed by atoms with van der Waals surface area (Å²) in [4.78, 5) is 26.0. The van der Waals surface area contributed by atoms with Gasteiger partial charge in [0.1, 0.15) is 17.2 Å². The average Bonchev–Trinajstić information content (AvgIpc) is 3.32. The zero-order chi connectivity index (χ0) is 22.5. The van der Waals surface area contributed by atoms with Gasteiger partial charge in [-0.1, -0.05) is 23.8 Å². The Kier molecular flexibility index (Phi) is 6.40. The highest BCUT2D eigenvalue weighted by molar-refractivity contribution is 6.05. The van der Waals surface area contributed by atoms with Gasteiger partial charge in [0.2, 0.25) is 0 Å². The van der Waals surface area contributed by atoms with Crippen LogP contribution >= 0.6 is 0 Å². The largest absolute Gasteiger partial charge is 0.497 e. The molecule has 3 aromatic rings.